The Labute approximate surface area is 101 Å². The van der Waals surface area contributed by atoms with Gasteiger partial charge in [-0.3, -0.25) is 0 Å². The lowest BCUT2D eigenvalue weighted by molar-refractivity contribution is 0.449. The van der Waals surface area contributed by atoms with Gasteiger partial charge in [0, 0.05) is 0 Å². The van der Waals surface area contributed by atoms with Crippen molar-refractivity contribution >= 4 is 11.4 Å². The molecule has 5 heteroatoms. The Morgan fingerprint density at radius 3 is 2.33 bits per heavy atom. The van der Waals surface area contributed by atoms with Gasteiger partial charge in [-0.1, -0.05) is 12.1 Å². The van der Waals surface area contributed by atoms with Crippen LogP contribution < -0.4 is 5.32 Å². The first-order chi connectivity index (χ1) is 8.63. The van der Waals surface area contributed by atoms with Crippen LogP contribution in [-0.4, -0.2) is 0 Å². The zero-order chi connectivity index (χ0) is 13.1. The number of hydrogen-bond donors (Lipinski definition) is 1. The molecule has 0 aliphatic heterocycles. The van der Waals surface area contributed by atoms with Gasteiger partial charge in [-0.25, -0.2) is 13.2 Å². The highest BCUT2D eigenvalue weighted by molar-refractivity contribution is 5.66. The summed E-state index contributed by atoms with van der Waals surface area (Å²) < 4.78 is 39.2. The predicted octanol–water partition coefficient (Wildman–Crippen LogP) is 3.72. The molecule has 90 valence electrons. The van der Waals surface area contributed by atoms with Gasteiger partial charge in [0.05, 0.1) is 16.9 Å². The van der Waals surface area contributed by atoms with E-state index < -0.39 is 17.5 Å². The number of halogens is 3. The largest absolute Gasteiger partial charge is 0.352 e. The van der Waals surface area contributed by atoms with Gasteiger partial charge in [0.25, 0.3) is 0 Å². The SMILES string of the molecule is N#Cc1ccccc1Nc1ccc(F)c(F)c1F. The summed E-state index contributed by atoms with van der Waals surface area (Å²) in [5.41, 5.74) is 0.378. The van der Waals surface area contributed by atoms with Crippen molar-refractivity contribution in [3.8, 4) is 6.07 Å². The second-order valence-electron chi connectivity index (χ2n) is 3.51. The molecule has 2 rings (SSSR count). The summed E-state index contributed by atoms with van der Waals surface area (Å²) in [6, 6.07) is 10.1. The average Bonchev–Trinajstić information content (AvgIpc) is 2.40. The van der Waals surface area contributed by atoms with E-state index >= 15 is 0 Å². The summed E-state index contributed by atoms with van der Waals surface area (Å²) in [4.78, 5) is 0. The normalized spacial score (nSPS) is 9.89. The molecule has 0 saturated carbocycles. The number of benzene rings is 2. The molecule has 0 radical (unpaired) electrons. The molecule has 0 heterocycles. The van der Waals surface area contributed by atoms with Crippen LogP contribution in [0.3, 0.4) is 0 Å². The number of nitrogens with zero attached hydrogens (tertiary/aromatic N) is 1. The first-order valence-electron chi connectivity index (χ1n) is 5.03. The quantitative estimate of drug-likeness (QED) is 0.822. The molecule has 0 aromatic heterocycles. The molecule has 0 spiro atoms. The molecule has 2 aromatic carbocycles. The molecule has 0 amide bonds. The monoisotopic (exact) mass is 248 g/mol. The minimum Gasteiger partial charge on any atom is -0.352 e. The molecule has 18 heavy (non-hydrogen) atoms. The van der Waals surface area contributed by atoms with Crippen LogP contribution in [0.2, 0.25) is 0 Å². The van der Waals surface area contributed by atoms with Gasteiger partial charge in [-0.2, -0.15) is 5.26 Å². The van der Waals surface area contributed by atoms with Gasteiger partial charge in [-0.05, 0) is 24.3 Å². The maximum Gasteiger partial charge on any atom is 0.196 e. The maximum atomic E-state index is 13.4. The Morgan fingerprint density at radius 1 is 0.889 bits per heavy atom. The van der Waals surface area contributed by atoms with Crippen LogP contribution in [0.1, 0.15) is 5.56 Å². The van der Waals surface area contributed by atoms with E-state index in [-0.39, 0.29) is 11.3 Å². The van der Waals surface area contributed by atoms with Crippen LogP contribution in [0.4, 0.5) is 24.5 Å². The van der Waals surface area contributed by atoms with Crippen molar-refractivity contribution in [2.45, 2.75) is 0 Å². The molecule has 2 aromatic rings. The summed E-state index contributed by atoms with van der Waals surface area (Å²) in [6.07, 6.45) is 0. The number of nitrogens with one attached hydrogen (secondary N) is 1. The fourth-order valence-corrected chi connectivity index (χ4v) is 1.46. The van der Waals surface area contributed by atoms with Crippen LogP contribution >= 0.6 is 0 Å². The number of para-hydroxylation sites is 1. The zero-order valence-corrected chi connectivity index (χ0v) is 9.05. The fraction of sp³-hybridized carbons (Fsp3) is 0. The van der Waals surface area contributed by atoms with E-state index in [0.717, 1.165) is 12.1 Å². The number of nitriles is 1. The lowest BCUT2D eigenvalue weighted by Crippen LogP contribution is -2.00. The fourth-order valence-electron chi connectivity index (χ4n) is 1.46. The van der Waals surface area contributed by atoms with Crippen LogP contribution in [0.5, 0.6) is 0 Å². The smallest absolute Gasteiger partial charge is 0.196 e. The summed E-state index contributed by atoms with van der Waals surface area (Å²) in [7, 11) is 0. The lowest BCUT2D eigenvalue weighted by atomic mass is 10.2. The van der Waals surface area contributed by atoms with Crippen molar-refractivity contribution in [2.24, 2.45) is 0 Å². The van der Waals surface area contributed by atoms with Gasteiger partial charge >= 0.3 is 0 Å². The highest BCUT2D eigenvalue weighted by Gasteiger charge is 2.14. The maximum absolute atomic E-state index is 13.4. The first-order valence-corrected chi connectivity index (χ1v) is 5.03. The van der Waals surface area contributed by atoms with E-state index in [9.17, 15) is 13.2 Å². The topological polar surface area (TPSA) is 35.8 Å². The Balaban J connectivity index is 2.41. The van der Waals surface area contributed by atoms with E-state index in [1.165, 1.54) is 6.07 Å². The van der Waals surface area contributed by atoms with Crippen molar-refractivity contribution in [3.63, 3.8) is 0 Å². The molecule has 1 N–H and O–H groups in total. The molecular formula is C13H7F3N2. The minimum atomic E-state index is -1.55. The summed E-state index contributed by atoms with van der Waals surface area (Å²) in [5, 5.41) is 11.4. The van der Waals surface area contributed by atoms with E-state index in [2.05, 4.69) is 5.32 Å². The summed E-state index contributed by atoms with van der Waals surface area (Å²) in [6.45, 7) is 0. The molecular weight excluding hydrogens is 241 g/mol. The molecule has 0 saturated heterocycles. The van der Waals surface area contributed by atoms with Crippen LogP contribution in [0.25, 0.3) is 0 Å². The Kier molecular flexibility index (Phi) is 3.20. The van der Waals surface area contributed by atoms with E-state index in [0.29, 0.717) is 5.69 Å². The van der Waals surface area contributed by atoms with Crippen LogP contribution in [0, 0.1) is 28.8 Å². The Morgan fingerprint density at radius 2 is 1.61 bits per heavy atom. The highest BCUT2D eigenvalue weighted by Crippen LogP contribution is 2.25. The average molecular weight is 248 g/mol. The van der Waals surface area contributed by atoms with Gasteiger partial charge in [0.1, 0.15) is 6.07 Å². The third-order valence-corrected chi connectivity index (χ3v) is 2.35. The highest BCUT2D eigenvalue weighted by atomic mass is 19.2. The molecule has 0 aliphatic carbocycles. The standard InChI is InChI=1S/C13H7F3N2/c14-9-5-6-11(13(16)12(9)15)18-10-4-2-1-3-8(10)7-17/h1-6,18H. The van der Waals surface area contributed by atoms with Crippen LogP contribution in [0.15, 0.2) is 36.4 Å². The molecule has 0 fully saturated rings. The summed E-state index contributed by atoms with van der Waals surface area (Å²) >= 11 is 0. The van der Waals surface area contributed by atoms with Crippen LogP contribution in [-0.2, 0) is 0 Å². The van der Waals surface area contributed by atoms with Gasteiger partial charge in [-0.15, -0.1) is 0 Å². The van der Waals surface area contributed by atoms with Gasteiger partial charge in [0.2, 0.25) is 0 Å². The van der Waals surface area contributed by atoms with Crippen molar-refractivity contribution in [1.29, 1.82) is 5.26 Å². The van der Waals surface area contributed by atoms with Crippen molar-refractivity contribution in [3.05, 3.63) is 59.4 Å². The van der Waals surface area contributed by atoms with Gasteiger partial charge in [0.15, 0.2) is 17.5 Å². The van der Waals surface area contributed by atoms with Crippen molar-refractivity contribution < 1.29 is 13.2 Å². The van der Waals surface area contributed by atoms with E-state index in [1.54, 1.807) is 18.2 Å². The van der Waals surface area contributed by atoms with Crippen molar-refractivity contribution in [1.82, 2.24) is 0 Å². The summed E-state index contributed by atoms with van der Waals surface area (Å²) in [5.74, 6) is -4.12. The van der Waals surface area contributed by atoms with E-state index in [4.69, 9.17) is 5.26 Å². The number of rotatable bonds is 2. The second-order valence-corrected chi connectivity index (χ2v) is 3.51. The molecule has 0 aliphatic rings. The Bertz CT molecular complexity index is 633. The number of hydrogen-bond acceptors (Lipinski definition) is 2. The van der Waals surface area contributed by atoms with Gasteiger partial charge < -0.3 is 5.32 Å². The minimum absolute atomic E-state index is 0.225. The Hall–Kier alpha value is -2.48. The molecule has 0 atom stereocenters. The second kappa shape index (κ2) is 4.80. The molecule has 2 nitrogen and oxygen atoms in total. The molecule has 0 bridgehead atoms. The molecule has 0 unspecified atom stereocenters. The number of anilines is 2. The zero-order valence-electron chi connectivity index (χ0n) is 9.05. The predicted molar refractivity (Wildman–Crippen MR) is 60.8 cm³/mol. The first kappa shape index (κ1) is 12.0. The van der Waals surface area contributed by atoms with Crippen molar-refractivity contribution in [2.75, 3.05) is 5.32 Å². The van der Waals surface area contributed by atoms with E-state index in [1.807, 2.05) is 6.07 Å². The third-order valence-electron chi connectivity index (χ3n) is 2.35. The third kappa shape index (κ3) is 2.13. The lowest BCUT2D eigenvalue weighted by Gasteiger charge is -2.09.